The quantitative estimate of drug-likeness (QED) is 0.534. The van der Waals surface area contributed by atoms with Gasteiger partial charge in [-0.25, -0.2) is 0 Å². The van der Waals surface area contributed by atoms with Crippen LogP contribution < -0.4 is 0 Å². The fraction of sp³-hybridized carbons (Fsp3) is 1.00. The zero-order chi connectivity index (χ0) is 12.5. The second kappa shape index (κ2) is 5.83. The average molecular weight is 272 g/mol. The van der Waals surface area contributed by atoms with E-state index < -0.39 is 0 Å². The Hall–Kier alpha value is 0.780. The first-order valence-electron chi connectivity index (χ1n) is 7.41. The smallest absolute Gasteiger partial charge is 0.00170 e. The summed E-state index contributed by atoms with van der Waals surface area (Å²) in [6.45, 7) is 5.00. The molecule has 0 amide bonds. The number of hydrogen-bond acceptors (Lipinski definition) is 1. The van der Waals surface area contributed by atoms with Crippen molar-refractivity contribution in [3.8, 4) is 0 Å². The van der Waals surface area contributed by atoms with Gasteiger partial charge >= 0.3 is 0 Å². The van der Waals surface area contributed by atoms with Gasteiger partial charge < -0.3 is 0 Å². The van der Waals surface area contributed by atoms with Crippen LogP contribution in [0.4, 0.5) is 0 Å². The lowest BCUT2D eigenvalue weighted by molar-refractivity contribution is 0.106. The molecule has 0 heterocycles. The summed E-state index contributed by atoms with van der Waals surface area (Å²) in [7, 11) is 3.05. The third-order valence-electron chi connectivity index (χ3n) is 5.21. The van der Waals surface area contributed by atoms with Crippen molar-refractivity contribution in [3.63, 3.8) is 0 Å². The minimum atomic E-state index is 0.572. The Bertz CT molecular complexity index is 243. The van der Waals surface area contributed by atoms with Gasteiger partial charge in [-0.3, -0.25) is 0 Å². The highest BCUT2D eigenvalue weighted by Gasteiger charge is 2.36. The summed E-state index contributed by atoms with van der Waals surface area (Å²) < 4.78 is 0. The Balaban J connectivity index is 1.85. The second-order valence-electron chi connectivity index (χ2n) is 7.14. The molecule has 2 saturated carbocycles. The molecule has 2 aliphatic carbocycles. The van der Waals surface area contributed by atoms with Crippen molar-refractivity contribution in [1.82, 2.24) is 0 Å². The van der Waals surface area contributed by atoms with Crippen LogP contribution in [0, 0.1) is 17.3 Å². The van der Waals surface area contributed by atoms with Gasteiger partial charge in [0.25, 0.3) is 0 Å². The lowest BCUT2D eigenvalue weighted by Gasteiger charge is -2.43. The van der Waals surface area contributed by atoms with Crippen LogP contribution in [0.2, 0.25) is 0 Å². The maximum absolute atomic E-state index is 4.61. The molecule has 0 N–H and O–H groups in total. The predicted octanol–water partition coefficient (Wildman–Crippen LogP) is 4.94. The molecular weight excluding hydrogens is 243 g/mol. The molecule has 2 heteroatoms. The summed E-state index contributed by atoms with van der Waals surface area (Å²) in [4.78, 5) is 0. The minimum absolute atomic E-state index is 0.572. The molecule has 0 aromatic carbocycles. The van der Waals surface area contributed by atoms with E-state index in [1.807, 2.05) is 0 Å². The van der Waals surface area contributed by atoms with Crippen molar-refractivity contribution in [1.29, 1.82) is 0 Å². The van der Waals surface area contributed by atoms with Crippen molar-refractivity contribution in [3.05, 3.63) is 0 Å². The van der Waals surface area contributed by atoms with E-state index in [-0.39, 0.29) is 0 Å². The van der Waals surface area contributed by atoms with Crippen LogP contribution in [0.25, 0.3) is 0 Å². The molecule has 2 fully saturated rings. The maximum Gasteiger partial charge on any atom is 0.00170 e. The van der Waals surface area contributed by atoms with Gasteiger partial charge in [0.1, 0.15) is 0 Å². The summed E-state index contributed by atoms with van der Waals surface area (Å²) in [6.07, 6.45) is 11.4. The van der Waals surface area contributed by atoms with Crippen LogP contribution in [-0.2, 0) is 0 Å². The summed E-state index contributed by atoms with van der Waals surface area (Å²) >= 11 is 4.61. The van der Waals surface area contributed by atoms with Crippen molar-refractivity contribution in [2.24, 2.45) is 17.3 Å². The van der Waals surface area contributed by atoms with Gasteiger partial charge in [0.05, 0.1) is 0 Å². The van der Waals surface area contributed by atoms with Gasteiger partial charge in [0.15, 0.2) is 0 Å². The van der Waals surface area contributed by atoms with E-state index in [2.05, 4.69) is 35.7 Å². The lowest BCUT2D eigenvalue weighted by atomic mass is 9.64. The zero-order valence-corrected chi connectivity index (χ0v) is 13.5. The van der Waals surface area contributed by atoms with E-state index in [1.54, 1.807) is 0 Å². The third-order valence-corrected chi connectivity index (χ3v) is 6.30. The van der Waals surface area contributed by atoms with Crippen LogP contribution in [0.5, 0.6) is 0 Å². The van der Waals surface area contributed by atoms with Crippen LogP contribution in [0.1, 0.15) is 65.2 Å². The molecule has 0 radical (unpaired) electrons. The Morgan fingerprint density at radius 1 is 1.06 bits per heavy atom. The van der Waals surface area contributed by atoms with Crippen molar-refractivity contribution >= 4 is 21.9 Å². The molecule has 2 aliphatic rings. The van der Waals surface area contributed by atoms with Crippen LogP contribution in [0.3, 0.4) is 0 Å². The van der Waals surface area contributed by atoms with Gasteiger partial charge in [-0.15, -0.1) is 9.24 Å². The molecule has 0 aliphatic heterocycles. The highest BCUT2D eigenvalue weighted by Crippen LogP contribution is 2.47. The van der Waals surface area contributed by atoms with Gasteiger partial charge in [-0.2, -0.15) is 12.6 Å². The van der Waals surface area contributed by atoms with Gasteiger partial charge in [0.2, 0.25) is 0 Å². The first-order chi connectivity index (χ1) is 7.97. The van der Waals surface area contributed by atoms with Crippen LogP contribution in [-0.4, -0.2) is 10.9 Å². The fourth-order valence-corrected chi connectivity index (χ4v) is 5.07. The molecule has 0 aromatic heterocycles. The van der Waals surface area contributed by atoms with Gasteiger partial charge in [-0.1, -0.05) is 13.8 Å². The van der Waals surface area contributed by atoms with Crippen molar-refractivity contribution in [2.45, 2.75) is 76.1 Å². The van der Waals surface area contributed by atoms with Crippen molar-refractivity contribution < 1.29 is 0 Å². The summed E-state index contributed by atoms with van der Waals surface area (Å²) in [5.41, 5.74) is 1.44. The van der Waals surface area contributed by atoms with Crippen LogP contribution in [0.15, 0.2) is 0 Å². The predicted molar refractivity (Wildman–Crippen MR) is 84.0 cm³/mol. The molecule has 100 valence electrons. The first-order valence-corrected chi connectivity index (χ1v) is 8.59. The third kappa shape index (κ3) is 3.87. The molecule has 2 rings (SSSR count). The molecule has 17 heavy (non-hydrogen) atoms. The molecular formula is C15H29PS. The number of rotatable bonds is 2. The SMILES string of the molecule is CC1(C)CC(P)CCC1CC1CCC(S)CC1. The lowest BCUT2D eigenvalue weighted by Crippen LogP contribution is -2.34. The van der Waals surface area contributed by atoms with Gasteiger partial charge in [0, 0.05) is 5.25 Å². The largest absolute Gasteiger partial charge is 0.176 e. The Labute approximate surface area is 115 Å². The fourth-order valence-electron chi connectivity index (χ4n) is 3.97. The Kier molecular flexibility index (Phi) is 4.86. The summed E-state index contributed by atoms with van der Waals surface area (Å²) in [5, 5.41) is 0.696. The molecule has 0 aromatic rings. The monoisotopic (exact) mass is 272 g/mol. The molecule has 0 nitrogen and oxygen atoms in total. The summed E-state index contributed by atoms with van der Waals surface area (Å²) in [6, 6.07) is 0. The minimum Gasteiger partial charge on any atom is -0.176 e. The molecule has 0 bridgehead atoms. The Morgan fingerprint density at radius 3 is 2.29 bits per heavy atom. The van der Waals surface area contributed by atoms with E-state index in [0.717, 1.165) is 17.5 Å². The number of thiol groups is 1. The average Bonchev–Trinajstić information content (AvgIpc) is 2.24. The highest BCUT2D eigenvalue weighted by atomic mass is 32.1. The first kappa shape index (κ1) is 14.2. The summed E-state index contributed by atoms with van der Waals surface area (Å²) in [5.74, 6) is 1.98. The van der Waals surface area contributed by atoms with Crippen LogP contribution >= 0.6 is 21.9 Å². The number of hydrogen-bond donors (Lipinski definition) is 1. The van der Waals surface area contributed by atoms with E-state index in [1.165, 1.54) is 51.4 Å². The van der Waals surface area contributed by atoms with Crippen molar-refractivity contribution in [2.75, 3.05) is 0 Å². The molecule has 0 saturated heterocycles. The van der Waals surface area contributed by atoms with Gasteiger partial charge in [-0.05, 0) is 74.3 Å². The zero-order valence-electron chi connectivity index (χ0n) is 11.5. The topological polar surface area (TPSA) is 0 Å². The molecule has 3 unspecified atom stereocenters. The Morgan fingerprint density at radius 2 is 1.71 bits per heavy atom. The second-order valence-corrected chi connectivity index (χ2v) is 8.81. The van der Waals surface area contributed by atoms with E-state index in [9.17, 15) is 0 Å². The van der Waals surface area contributed by atoms with E-state index >= 15 is 0 Å². The normalized spacial score (nSPS) is 42.4. The standard InChI is InChI=1S/C15H29PS/c1-15(2)10-13(16)6-5-12(15)9-11-3-7-14(17)8-4-11/h11-14,17H,3-10,16H2,1-2H3. The molecule has 0 spiro atoms. The molecule has 3 atom stereocenters. The highest BCUT2D eigenvalue weighted by molar-refractivity contribution is 7.80. The maximum atomic E-state index is 4.61. The van der Waals surface area contributed by atoms with E-state index in [0.29, 0.717) is 10.7 Å². The van der Waals surface area contributed by atoms with E-state index in [4.69, 9.17) is 0 Å².